The lowest BCUT2D eigenvalue weighted by atomic mass is 9.82. The van der Waals surface area contributed by atoms with Crippen molar-refractivity contribution in [2.24, 2.45) is 0 Å². The number of benzene rings is 15. The van der Waals surface area contributed by atoms with Crippen LogP contribution in [0.5, 0.6) is 0 Å². The Morgan fingerprint density at radius 3 is 1.08 bits per heavy atom. The smallest absolute Gasteiger partial charge is 0.164 e. The Kier molecular flexibility index (Phi) is 13.3. The summed E-state index contributed by atoms with van der Waals surface area (Å²) in [5, 5.41) is 10.3. The van der Waals surface area contributed by atoms with Gasteiger partial charge in [-0.2, -0.15) is 0 Å². The predicted octanol–water partition coefficient (Wildman–Crippen LogP) is 26.3. The van der Waals surface area contributed by atoms with Crippen LogP contribution in [0, 0.1) is 0 Å². The standard InChI is InChI=1S/C50H28N2S2.C46H31N3/c1-2-11-33-32(10-1)37-15-7-14-36-31(26-27-38(33)47(36)37)29-22-24-30(25-23-29)50-51-43(41-18-8-16-39-34-12-3-5-20-45(34)53-48(39)41)28-44(52-50)42-19-9-17-40-35-13-4-6-21-46(35)54-49(40)42;1-46(2)39-20-9-8-16-37(39)42-38(19-11-21-40(42)46)45-48-43(29-12-4-3-5-13-29)47-44(49-45)30-24-22-28(23-25-30)31-26-27-36-33-15-7-6-14-32(33)35-18-10-17-34(31)41(35)36/h1-28H;3-27H,1-2H3. The summed E-state index contributed by atoms with van der Waals surface area (Å²) in [5.74, 6) is 2.74. The minimum atomic E-state index is -0.110. The zero-order valence-corrected chi connectivity index (χ0v) is 57.8. The molecule has 0 saturated heterocycles. The van der Waals surface area contributed by atoms with Gasteiger partial charge in [0.15, 0.2) is 23.3 Å². The summed E-state index contributed by atoms with van der Waals surface area (Å²) in [4.78, 5) is 26.0. The van der Waals surface area contributed by atoms with E-state index in [0.717, 1.165) is 50.6 Å². The third-order valence-corrected chi connectivity index (χ3v) is 24.0. The highest BCUT2D eigenvalue weighted by atomic mass is 32.1. The highest BCUT2D eigenvalue weighted by Gasteiger charge is 2.37. The van der Waals surface area contributed by atoms with Crippen molar-refractivity contribution >= 4 is 84.6 Å². The molecule has 0 atom stereocenters. The molecular formula is C96H59N5S2. The van der Waals surface area contributed by atoms with Gasteiger partial charge in [-0.3, -0.25) is 0 Å². The van der Waals surface area contributed by atoms with Crippen LogP contribution in [0.3, 0.4) is 0 Å². The van der Waals surface area contributed by atoms with E-state index in [1.54, 1.807) is 0 Å². The molecule has 0 fully saturated rings. The first kappa shape index (κ1) is 59.2. The molecule has 4 heterocycles. The lowest BCUT2D eigenvalue weighted by Crippen LogP contribution is -2.14. The summed E-state index contributed by atoms with van der Waals surface area (Å²) in [5.41, 5.74) is 28.4. The molecule has 0 radical (unpaired) electrons. The summed E-state index contributed by atoms with van der Waals surface area (Å²) in [6.45, 7) is 4.61. The van der Waals surface area contributed by atoms with Crippen molar-refractivity contribution in [3.05, 3.63) is 333 Å². The molecule has 15 aromatic carbocycles. The maximum Gasteiger partial charge on any atom is 0.164 e. The largest absolute Gasteiger partial charge is 0.228 e. The van der Waals surface area contributed by atoms with E-state index in [9.17, 15) is 0 Å². The summed E-state index contributed by atoms with van der Waals surface area (Å²) in [6, 6.07) is 116. The van der Waals surface area contributed by atoms with Gasteiger partial charge in [-0.15, -0.1) is 22.7 Å². The average Bonchev–Trinajstić information content (AvgIpc) is 1.60. The second-order valence-electron chi connectivity index (χ2n) is 27.6. The molecule has 0 unspecified atom stereocenters. The van der Waals surface area contributed by atoms with E-state index in [1.807, 2.05) is 40.9 Å². The lowest BCUT2D eigenvalue weighted by Gasteiger charge is -2.21. The number of aromatic nitrogens is 5. The maximum absolute atomic E-state index is 5.35. The number of hydrogen-bond donors (Lipinski definition) is 0. The fourth-order valence-corrected chi connectivity index (χ4v) is 19.2. The summed E-state index contributed by atoms with van der Waals surface area (Å²) in [7, 11) is 0. The Labute approximate surface area is 603 Å². The molecule has 0 N–H and O–H groups in total. The second kappa shape index (κ2) is 23.2. The van der Waals surface area contributed by atoms with Crippen molar-refractivity contribution in [1.29, 1.82) is 0 Å². The minimum Gasteiger partial charge on any atom is -0.228 e. The van der Waals surface area contributed by atoms with Gasteiger partial charge in [0.05, 0.1) is 11.4 Å². The molecule has 7 heteroatoms. The lowest BCUT2D eigenvalue weighted by molar-refractivity contribution is 0.660. The fourth-order valence-electron chi connectivity index (χ4n) is 16.8. The van der Waals surface area contributed by atoms with Gasteiger partial charge in [0, 0.05) is 79.1 Å². The first-order valence-corrected chi connectivity index (χ1v) is 36.7. The van der Waals surface area contributed by atoms with E-state index >= 15 is 0 Å². The molecule has 4 aromatic heterocycles. The van der Waals surface area contributed by atoms with Crippen molar-refractivity contribution in [2.75, 3.05) is 0 Å². The van der Waals surface area contributed by atoms with Crippen LogP contribution >= 0.6 is 22.7 Å². The van der Waals surface area contributed by atoms with Crippen LogP contribution in [0.2, 0.25) is 0 Å². The minimum absolute atomic E-state index is 0.110. The SMILES string of the molecule is CC1(C)c2ccccc2-c2c(-c3nc(-c4ccccc4)nc(-c4ccc(-c5ccc6c7c(cccc57)-c5ccccc5-6)cc4)n3)cccc21.c1ccc2c(c1)-c1cccc3c(-c4ccc(-c5nc(-c6cccc7c6sc6ccccc67)cc(-c6cccc7c6sc6ccccc67)n5)cc4)ccc-2c13. The van der Waals surface area contributed by atoms with Crippen molar-refractivity contribution in [1.82, 2.24) is 24.9 Å². The van der Waals surface area contributed by atoms with Crippen LogP contribution in [0.15, 0.2) is 322 Å². The predicted molar refractivity (Wildman–Crippen MR) is 433 cm³/mol. The van der Waals surface area contributed by atoms with Crippen LogP contribution in [0.25, 0.3) is 208 Å². The first-order chi connectivity index (χ1) is 50.8. The third-order valence-electron chi connectivity index (χ3n) is 21.6. The number of hydrogen-bond acceptors (Lipinski definition) is 7. The molecule has 0 spiro atoms. The van der Waals surface area contributed by atoms with Gasteiger partial charge >= 0.3 is 0 Å². The van der Waals surface area contributed by atoms with E-state index in [-0.39, 0.29) is 5.41 Å². The van der Waals surface area contributed by atoms with Crippen LogP contribution in [-0.4, -0.2) is 24.9 Å². The molecule has 22 rings (SSSR count). The summed E-state index contributed by atoms with van der Waals surface area (Å²) >= 11 is 3.67. The van der Waals surface area contributed by atoms with Crippen LogP contribution < -0.4 is 0 Å². The van der Waals surface area contributed by atoms with Gasteiger partial charge in [0.1, 0.15) is 0 Å². The highest BCUT2D eigenvalue weighted by molar-refractivity contribution is 7.26. The fraction of sp³-hybridized carbons (Fsp3) is 0.0312. The van der Waals surface area contributed by atoms with Crippen LogP contribution in [0.1, 0.15) is 25.0 Å². The number of nitrogens with zero attached hydrogens (tertiary/aromatic N) is 5. The highest BCUT2D eigenvalue weighted by Crippen LogP contribution is 2.54. The molecule has 3 aliphatic rings. The molecule has 0 aliphatic heterocycles. The Balaban J connectivity index is 0.000000134. The molecule has 0 amide bonds. The molecule has 3 aliphatic carbocycles. The normalized spacial score (nSPS) is 12.6. The van der Waals surface area contributed by atoms with Crippen LogP contribution in [-0.2, 0) is 5.41 Å². The second-order valence-corrected chi connectivity index (χ2v) is 29.7. The van der Waals surface area contributed by atoms with Crippen molar-refractivity contribution in [3.63, 3.8) is 0 Å². The van der Waals surface area contributed by atoms with Crippen LogP contribution in [0.4, 0.5) is 0 Å². The zero-order chi connectivity index (χ0) is 68.0. The zero-order valence-electron chi connectivity index (χ0n) is 56.2. The van der Waals surface area contributed by atoms with E-state index in [4.69, 9.17) is 24.9 Å². The maximum atomic E-state index is 5.35. The first-order valence-electron chi connectivity index (χ1n) is 35.1. The van der Waals surface area contributed by atoms with E-state index in [2.05, 4.69) is 317 Å². The van der Waals surface area contributed by atoms with Crippen molar-refractivity contribution < 1.29 is 0 Å². The van der Waals surface area contributed by atoms with E-state index in [0.29, 0.717) is 17.5 Å². The van der Waals surface area contributed by atoms with Gasteiger partial charge < -0.3 is 0 Å². The monoisotopic (exact) mass is 1350 g/mol. The molecule has 0 bridgehead atoms. The number of rotatable bonds is 8. The van der Waals surface area contributed by atoms with Gasteiger partial charge in [-0.1, -0.05) is 317 Å². The molecule has 19 aromatic rings. The number of fused-ring (bicyclic) bond motifs is 15. The quantitative estimate of drug-likeness (QED) is 0.152. The molecule has 0 saturated carbocycles. The van der Waals surface area contributed by atoms with Crippen molar-refractivity contribution in [2.45, 2.75) is 19.3 Å². The molecule has 103 heavy (non-hydrogen) atoms. The Hall–Kier alpha value is -12.7. The third kappa shape index (κ3) is 9.33. The average molecular weight is 1350 g/mol. The van der Waals surface area contributed by atoms with E-state index < -0.39 is 0 Å². The summed E-state index contributed by atoms with van der Waals surface area (Å²) in [6.07, 6.45) is 0. The Morgan fingerprint density at radius 2 is 0.563 bits per heavy atom. The van der Waals surface area contributed by atoms with Gasteiger partial charge in [-0.25, -0.2) is 24.9 Å². The summed E-state index contributed by atoms with van der Waals surface area (Å²) < 4.78 is 5.07. The Bertz CT molecular complexity index is 6570. The van der Waals surface area contributed by atoms with Crippen molar-refractivity contribution in [3.8, 4) is 146 Å². The molecule has 480 valence electrons. The number of thiophene rings is 2. The topological polar surface area (TPSA) is 64.5 Å². The van der Waals surface area contributed by atoms with Gasteiger partial charge in [0.25, 0.3) is 0 Å². The van der Waals surface area contributed by atoms with E-state index in [1.165, 1.54) is 151 Å². The van der Waals surface area contributed by atoms with Gasteiger partial charge in [-0.05, 0) is 129 Å². The molecule has 5 nitrogen and oxygen atoms in total. The Morgan fingerprint density at radius 1 is 0.223 bits per heavy atom. The van der Waals surface area contributed by atoms with Gasteiger partial charge in [0.2, 0.25) is 0 Å². The molecular weight excluding hydrogens is 1290 g/mol.